The number of amides is 1. The third kappa shape index (κ3) is 4.01. The SMILES string of the molecule is CC(C)(C)OC(=O)NC(C)(C=O)c1cc(F)ccc1F. The van der Waals surface area contributed by atoms with Gasteiger partial charge >= 0.3 is 6.09 Å². The molecule has 20 heavy (non-hydrogen) atoms. The van der Waals surface area contributed by atoms with Crippen LogP contribution in [0.15, 0.2) is 18.2 Å². The molecule has 6 heteroatoms. The van der Waals surface area contributed by atoms with Gasteiger partial charge in [0.05, 0.1) is 0 Å². The van der Waals surface area contributed by atoms with Gasteiger partial charge in [-0.3, -0.25) is 0 Å². The molecule has 0 radical (unpaired) electrons. The molecule has 1 aromatic carbocycles. The summed E-state index contributed by atoms with van der Waals surface area (Å²) in [5.41, 5.74) is -2.75. The summed E-state index contributed by atoms with van der Waals surface area (Å²) in [6, 6.07) is 2.68. The van der Waals surface area contributed by atoms with Gasteiger partial charge in [0.15, 0.2) is 0 Å². The molecule has 1 atom stereocenters. The molecule has 0 aromatic heterocycles. The molecular formula is C14H17F2NO3. The quantitative estimate of drug-likeness (QED) is 0.869. The van der Waals surface area contributed by atoms with Gasteiger partial charge in [-0.15, -0.1) is 0 Å². The normalized spacial score (nSPS) is 14.3. The van der Waals surface area contributed by atoms with E-state index in [-0.39, 0.29) is 5.56 Å². The van der Waals surface area contributed by atoms with Crippen LogP contribution >= 0.6 is 0 Å². The number of hydrogen-bond donors (Lipinski definition) is 1. The lowest BCUT2D eigenvalue weighted by Gasteiger charge is -2.28. The first-order valence-electron chi connectivity index (χ1n) is 6.00. The summed E-state index contributed by atoms with van der Waals surface area (Å²) in [7, 11) is 0. The van der Waals surface area contributed by atoms with Crippen LogP contribution in [0.5, 0.6) is 0 Å². The smallest absolute Gasteiger partial charge is 0.408 e. The van der Waals surface area contributed by atoms with Crippen LogP contribution in [-0.4, -0.2) is 18.0 Å². The molecule has 1 N–H and O–H groups in total. The lowest BCUT2D eigenvalue weighted by atomic mass is 9.93. The summed E-state index contributed by atoms with van der Waals surface area (Å²) in [6.45, 7) is 6.20. The highest BCUT2D eigenvalue weighted by Crippen LogP contribution is 2.23. The summed E-state index contributed by atoms with van der Waals surface area (Å²) in [5.74, 6) is -1.50. The molecule has 0 aliphatic heterocycles. The number of carbonyl (C=O) groups excluding carboxylic acids is 2. The Bertz CT molecular complexity index is 526. The number of halogens is 2. The predicted molar refractivity (Wildman–Crippen MR) is 69.1 cm³/mol. The van der Waals surface area contributed by atoms with Crippen molar-refractivity contribution in [3.05, 3.63) is 35.4 Å². The first kappa shape index (κ1) is 16.1. The molecule has 0 bridgehead atoms. The second-order valence-electron chi connectivity index (χ2n) is 5.57. The Morgan fingerprint density at radius 2 is 1.85 bits per heavy atom. The molecule has 1 rings (SSSR count). The van der Waals surface area contributed by atoms with Crippen LogP contribution in [0.1, 0.15) is 33.3 Å². The van der Waals surface area contributed by atoms with Crippen LogP contribution in [0.2, 0.25) is 0 Å². The summed E-state index contributed by atoms with van der Waals surface area (Å²) in [5, 5.41) is 2.25. The van der Waals surface area contributed by atoms with Crippen LogP contribution in [-0.2, 0) is 15.1 Å². The fraction of sp³-hybridized carbons (Fsp3) is 0.429. The molecule has 0 aliphatic carbocycles. The van der Waals surface area contributed by atoms with E-state index >= 15 is 0 Å². The molecule has 110 valence electrons. The van der Waals surface area contributed by atoms with E-state index in [1.54, 1.807) is 20.8 Å². The first-order valence-corrected chi connectivity index (χ1v) is 6.00. The van der Waals surface area contributed by atoms with Gasteiger partial charge in [-0.25, -0.2) is 13.6 Å². The largest absolute Gasteiger partial charge is 0.444 e. The van der Waals surface area contributed by atoms with Crippen molar-refractivity contribution in [1.29, 1.82) is 0 Å². The number of nitrogens with one attached hydrogen (secondary N) is 1. The topological polar surface area (TPSA) is 55.4 Å². The molecule has 0 saturated heterocycles. The van der Waals surface area contributed by atoms with E-state index < -0.39 is 28.9 Å². The van der Waals surface area contributed by atoms with Gasteiger partial charge in [0.25, 0.3) is 0 Å². The second-order valence-corrected chi connectivity index (χ2v) is 5.57. The standard InChI is InChI=1S/C14H17F2NO3/c1-13(2,3)20-12(19)17-14(4,8-18)10-7-9(15)5-6-11(10)16/h5-8H,1-4H3,(H,17,19). The average molecular weight is 285 g/mol. The Balaban J connectivity index is 3.06. The molecule has 0 saturated carbocycles. The fourth-order valence-electron chi connectivity index (χ4n) is 1.57. The van der Waals surface area contributed by atoms with Crippen molar-refractivity contribution >= 4 is 12.4 Å². The van der Waals surface area contributed by atoms with Crippen LogP contribution < -0.4 is 5.32 Å². The number of hydrogen-bond acceptors (Lipinski definition) is 3. The predicted octanol–water partition coefficient (Wildman–Crippen LogP) is 2.90. The fourth-order valence-corrected chi connectivity index (χ4v) is 1.57. The zero-order valence-corrected chi connectivity index (χ0v) is 11.8. The highest BCUT2D eigenvalue weighted by atomic mass is 19.1. The Morgan fingerprint density at radius 1 is 1.25 bits per heavy atom. The van der Waals surface area contributed by atoms with Gasteiger partial charge in [-0.05, 0) is 45.9 Å². The van der Waals surface area contributed by atoms with Crippen molar-refractivity contribution in [2.75, 3.05) is 0 Å². The zero-order valence-electron chi connectivity index (χ0n) is 11.8. The van der Waals surface area contributed by atoms with E-state index in [1.807, 2.05) is 0 Å². The molecule has 1 amide bonds. The average Bonchev–Trinajstić information content (AvgIpc) is 2.29. The van der Waals surface area contributed by atoms with Crippen LogP contribution in [0.25, 0.3) is 0 Å². The second kappa shape index (κ2) is 5.56. The molecule has 0 heterocycles. The number of benzene rings is 1. The minimum absolute atomic E-state index is 0.265. The van der Waals surface area contributed by atoms with E-state index in [9.17, 15) is 18.4 Å². The molecular weight excluding hydrogens is 268 g/mol. The van der Waals surface area contributed by atoms with Gasteiger partial charge in [-0.1, -0.05) is 0 Å². The van der Waals surface area contributed by atoms with Crippen molar-refractivity contribution in [2.45, 2.75) is 38.8 Å². The van der Waals surface area contributed by atoms with Gasteiger partial charge in [0, 0.05) is 5.56 Å². The monoisotopic (exact) mass is 285 g/mol. The highest BCUT2D eigenvalue weighted by Gasteiger charge is 2.33. The molecule has 0 aliphatic rings. The minimum atomic E-state index is -1.71. The van der Waals surface area contributed by atoms with Crippen molar-refractivity contribution < 1.29 is 23.1 Å². The maximum atomic E-state index is 13.7. The zero-order chi connectivity index (χ0) is 15.6. The minimum Gasteiger partial charge on any atom is -0.444 e. The van der Waals surface area contributed by atoms with E-state index in [2.05, 4.69) is 5.32 Å². The first-order chi connectivity index (χ1) is 9.07. The van der Waals surface area contributed by atoms with Gasteiger partial charge in [0.2, 0.25) is 0 Å². The molecule has 1 aromatic rings. The maximum absolute atomic E-state index is 13.7. The number of ether oxygens (including phenoxy) is 1. The van der Waals surface area contributed by atoms with Crippen molar-refractivity contribution in [1.82, 2.24) is 5.32 Å². The van der Waals surface area contributed by atoms with Gasteiger partial charge in [0.1, 0.15) is 29.1 Å². The molecule has 1 unspecified atom stereocenters. The Morgan fingerprint density at radius 3 is 2.35 bits per heavy atom. The lowest BCUT2D eigenvalue weighted by molar-refractivity contribution is -0.113. The Labute approximate surface area is 116 Å². The van der Waals surface area contributed by atoms with Gasteiger partial charge < -0.3 is 14.8 Å². The number of carbonyl (C=O) groups is 2. The lowest BCUT2D eigenvalue weighted by Crippen LogP contribution is -2.47. The van der Waals surface area contributed by atoms with E-state index in [0.717, 1.165) is 18.2 Å². The molecule has 4 nitrogen and oxygen atoms in total. The summed E-state index contributed by atoms with van der Waals surface area (Å²) in [6.07, 6.45) is -0.565. The molecule has 0 fully saturated rings. The Hall–Kier alpha value is -1.98. The molecule has 0 spiro atoms. The van der Waals surface area contributed by atoms with Crippen molar-refractivity contribution in [3.8, 4) is 0 Å². The summed E-state index contributed by atoms with van der Waals surface area (Å²) < 4.78 is 31.9. The van der Waals surface area contributed by atoms with Crippen molar-refractivity contribution in [2.24, 2.45) is 0 Å². The number of aldehydes is 1. The Kier molecular flexibility index (Phi) is 4.47. The third-order valence-electron chi connectivity index (χ3n) is 2.48. The highest BCUT2D eigenvalue weighted by molar-refractivity contribution is 5.78. The van der Waals surface area contributed by atoms with E-state index in [0.29, 0.717) is 6.29 Å². The summed E-state index contributed by atoms with van der Waals surface area (Å²) >= 11 is 0. The van der Waals surface area contributed by atoms with E-state index in [1.165, 1.54) is 6.92 Å². The van der Waals surface area contributed by atoms with Crippen molar-refractivity contribution in [3.63, 3.8) is 0 Å². The van der Waals surface area contributed by atoms with Crippen LogP contribution in [0, 0.1) is 11.6 Å². The maximum Gasteiger partial charge on any atom is 0.408 e. The van der Waals surface area contributed by atoms with Crippen LogP contribution in [0.4, 0.5) is 13.6 Å². The van der Waals surface area contributed by atoms with Crippen LogP contribution in [0.3, 0.4) is 0 Å². The van der Waals surface area contributed by atoms with E-state index in [4.69, 9.17) is 4.74 Å². The number of alkyl carbamates (subject to hydrolysis) is 1. The van der Waals surface area contributed by atoms with Gasteiger partial charge in [-0.2, -0.15) is 0 Å². The number of rotatable bonds is 3. The third-order valence-corrected chi connectivity index (χ3v) is 2.48. The summed E-state index contributed by atoms with van der Waals surface area (Å²) in [4.78, 5) is 22.9.